The quantitative estimate of drug-likeness (QED) is 0.513. The number of nitrogens with one attached hydrogen (secondary N) is 1. The monoisotopic (exact) mass is 283 g/mol. The first-order valence-corrected chi connectivity index (χ1v) is 6.58. The minimum absolute atomic E-state index is 0.434. The van der Waals surface area contributed by atoms with Crippen LogP contribution in [0.3, 0.4) is 0 Å². The van der Waals surface area contributed by atoms with Crippen molar-refractivity contribution in [3.63, 3.8) is 0 Å². The summed E-state index contributed by atoms with van der Waals surface area (Å²) in [6.45, 7) is 3.52. The van der Waals surface area contributed by atoms with Crippen LogP contribution < -0.4 is 5.32 Å². The summed E-state index contributed by atoms with van der Waals surface area (Å²) in [5.74, 6) is 0. The molecule has 112 valence electrons. The zero-order valence-electron chi connectivity index (χ0n) is 11.5. The van der Waals surface area contributed by atoms with Crippen LogP contribution in [0, 0.1) is 13.8 Å². The highest BCUT2D eigenvalue weighted by Gasteiger charge is 2.43. The van der Waals surface area contributed by atoms with E-state index < -0.39 is 37.3 Å². The lowest BCUT2D eigenvalue weighted by atomic mass is 9.98. The van der Waals surface area contributed by atoms with Crippen molar-refractivity contribution in [1.29, 1.82) is 0 Å². The van der Waals surface area contributed by atoms with E-state index >= 15 is 0 Å². The van der Waals surface area contributed by atoms with E-state index in [9.17, 15) is 15.3 Å². The SMILES string of the molecule is Cc1ccc(N[C@H]2O[C@@H](CO)[C@H](O)[C@@H](O)[C@H]2O)cc1C. The molecular formula is C14H21NO5. The molecule has 0 bridgehead atoms. The largest absolute Gasteiger partial charge is 0.394 e. The first-order chi connectivity index (χ1) is 9.43. The fourth-order valence-corrected chi connectivity index (χ4v) is 2.22. The van der Waals surface area contributed by atoms with Gasteiger partial charge in [-0.05, 0) is 37.1 Å². The molecule has 0 amide bonds. The minimum atomic E-state index is -1.37. The number of hydrogen-bond donors (Lipinski definition) is 5. The lowest BCUT2D eigenvalue weighted by Crippen LogP contribution is -2.60. The summed E-state index contributed by atoms with van der Waals surface area (Å²) in [6, 6.07) is 5.67. The van der Waals surface area contributed by atoms with Gasteiger partial charge in [0.1, 0.15) is 24.4 Å². The molecule has 0 radical (unpaired) electrons. The fourth-order valence-electron chi connectivity index (χ4n) is 2.22. The Morgan fingerprint density at radius 3 is 2.35 bits per heavy atom. The highest BCUT2D eigenvalue weighted by molar-refractivity contribution is 5.48. The number of rotatable bonds is 3. The van der Waals surface area contributed by atoms with Crippen molar-refractivity contribution in [2.75, 3.05) is 11.9 Å². The second-order valence-electron chi connectivity index (χ2n) is 5.19. The van der Waals surface area contributed by atoms with Gasteiger partial charge in [0.2, 0.25) is 0 Å². The summed E-state index contributed by atoms with van der Waals surface area (Å²) in [6.07, 6.45) is -5.79. The Hall–Kier alpha value is -1.18. The van der Waals surface area contributed by atoms with Gasteiger partial charge in [-0.15, -0.1) is 0 Å². The van der Waals surface area contributed by atoms with Crippen molar-refractivity contribution >= 4 is 5.69 Å². The summed E-state index contributed by atoms with van der Waals surface area (Å²) >= 11 is 0. The van der Waals surface area contributed by atoms with Crippen LogP contribution in [0.4, 0.5) is 5.69 Å². The lowest BCUT2D eigenvalue weighted by molar-refractivity contribution is -0.221. The van der Waals surface area contributed by atoms with Gasteiger partial charge in [-0.3, -0.25) is 0 Å². The second kappa shape index (κ2) is 6.07. The van der Waals surface area contributed by atoms with Crippen molar-refractivity contribution in [1.82, 2.24) is 0 Å². The molecule has 1 aromatic rings. The van der Waals surface area contributed by atoms with Gasteiger partial charge in [0, 0.05) is 5.69 Å². The number of benzene rings is 1. The predicted octanol–water partition coefficient (Wildman–Crippen LogP) is -0.485. The van der Waals surface area contributed by atoms with Gasteiger partial charge >= 0.3 is 0 Å². The molecule has 1 saturated heterocycles. The maximum Gasteiger partial charge on any atom is 0.157 e. The number of aliphatic hydroxyl groups is 4. The van der Waals surface area contributed by atoms with E-state index in [1.807, 2.05) is 32.0 Å². The lowest BCUT2D eigenvalue weighted by Gasteiger charge is -2.40. The van der Waals surface area contributed by atoms with Crippen LogP contribution in [-0.4, -0.2) is 57.7 Å². The molecule has 0 aliphatic carbocycles. The van der Waals surface area contributed by atoms with Crippen LogP contribution in [0.1, 0.15) is 11.1 Å². The molecule has 0 spiro atoms. The van der Waals surface area contributed by atoms with E-state index in [4.69, 9.17) is 9.84 Å². The third-order valence-corrected chi connectivity index (χ3v) is 3.71. The molecule has 1 aliphatic heterocycles. The van der Waals surface area contributed by atoms with Gasteiger partial charge in [0.15, 0.2) is 6.23 Å². The molecule has 2 rings (SSSR count). The third-order valence-electron chi connectivity index (χ3n) is 3.71. The van der Waals surface area contributed by atoms with Crippen molar-refractivity contribution in [3.05, 3.63) is 29.3 Å². The van der Waals surface area contributed by atoms with E-state index in [0.717, 1.165) is 16.8 Å². The summed E-state index contributed by atoms with van der Waals surface area (Å²) in [5, 5.41) is 41.4. The Kier molecular flexibility index (Phi) is 4.62. The number of ether oxygens (including phenoxy) is 1. The average Bonchev–Trinajstić information content (AvgIpc) is 2.43. The Morgan fingerprint density at radius 2 is 1.75 bits per heavy atom. The zero-order valence-corrected chi connectivity index (χ0v) is 11.5. The minimum Gasteiger partial charge on any atom is -0.394 e. The number of aliphatic hydroxyl groups excluding tert-OH is 4. The maximum atomic E-state index is 9.93. The van der Waals surface area contributed by atoms with Crippen LogP contribution in [-0.2, 0) is 4.74 Å². The summed E-state index contributed by atoms with van der Waals surface area (Å²) in [7, 11) is 0. The predicted molar refractivity (Wildman–Crippen MR) is 73.3 cm³/mol. The summed E-state index contributed by atoms with van der Waals surface area (Å²) in [4.78, 5) is 0. The Bertz CT molecular complexity index is 465. The first-order valence-electron chi connectivity index (χ1n) is 6.58. The van der Waals surface area contributed by atoms with Crippen molar-refractivity contribution < 1.29 is 25.2 Å². The maximum absolute atomic E-state index is 9.93. The van der Waals surface area contributed by atoms with Gasteiger partial charge in [0.05, 0.1) is 6.61 Å². The molecule has 0 saturated carbocycles. The van der Waals surface area contributed by atoms with Gasteiger partial charge in [-0.1, -0.05) is 6.07 Å². The van der Waals surface area contributed by atoms with Crippen LogP contribution in [0.2, 0.25) is 0 Å². The molecule has 6 nitrogen and oxygen atoms in total. The van der Waals surface area contributed by atoms with Crippen molar-refractivity contribution in [2.24, 2.45) is 0 Å². The Labute approximate surface area is 117 Å². The highest BCUT2D eigenvalue weighted by atomic mass is 16.6. The average molecular weight is 283 g/mol. The topological polar surface area (TPSA) is 102 Å². The molecule has 1 aliphatic rings. The number of anilines is 1. The molecular weight excluding hydrogens is 262 g/mol. The molecule has 1 fully saturated rings. The van der Waals surface area contributed by atoms with Crippen LogP contribution in [0.25, 0.3) is 0 Å². The van der Waals surface area contributed by atoms with Crippen LogP contribution in [0.15, 0.2) is 18.2 Å². The molecule has 6 heteroatoms. The van der Waals surface area contributed by atoms with Crippen LogP contribution >= 0.6 is 0 Å². The molecule has 5 atom stereocenters. The Morgan fingerprint density at radius 1 is 1.05 bits per heavy atom. The van der Waals surface area contributed by atoms with Gasteiger partial charge in [-0.2, -0.15) is 0 Å². The summed E-state index contributed by atoms with van der Waals surface area (Å²) < 4.78 is 5.38. The van der Waals surface area contributed by atoms with Crippen molar-refractivity contribution in [2.45, 2.75) is 44.5 Å². The van der Waals surface area contributed by atoms with E-state index in [-0.39, 0.29) is 0 Å². The van der Waals surface area contributed by atoms with E-state index in [2.05, 4.69) is 5.32 Å². The normalized spacial score (nSPS) is 34.0. The van der Waals surface area contributed by atoms with Gasteiger partial charge < -0.3 is 30.5 Å². The number of aryl methyl sites for hydroxylation is 2. The Balaban J connectivity index is 2.13. The van der Waals surface area contributed by atoms with E-state index in [0.29, 0.717) is 0 Å². The summed E-state index contributed by atoms with van der Waals surface area (Å²) in [5.41, 5.74) is 2.96. The third kappa shape index (κ3) is 2.94. The van der Waals surface area contributed by atoms with Crippen LogP contribution in [0.5, 0.6) is 0 Å². The molecule has 5 N–H and O–H groups in total. The zero-order chi connectivity index (χ0) is 14.9. The first kappa shape index (κ1) is 15.2. The highest BCUT2D eigenvalue weighted by Crippen LogP contribution is 2.23. The second-order valence-corrected chi connectivity index (χ2v) is 5.19. The standard InChI is InChI=1S/C14H21NO5/c1-7-3-4-9(5-8(7)2)15-14-13(19)12(18)11(17)10(6-16)20-14/h3-5,10-19H,6H2,1-2H3/t10-,11-,12+,13+,14-/m0/s1. The smallest absolute Gasteiger partial charge is 0.157 e. The van der Waals surface area contributed by atoms with E-state index in [1.165, 1.54) is 0 Å². The molecule has 1 aromatic carbocycles. The number of hydrogen-bond acceptors (Lipinski definition) is 6. The molecule has 0 unspecified atom stereocenters. The molecule has 1 heterocycles. The van der Waals surface area contributed by atoms with Gasteiger partial charge in [-0.25, -0.2) is 0 Å². The van der Waals surface area contributed by atoms with Crippen molar-refractivity contribution in [3.8, 4) is 0 Å². The van der Waals surface area contributed by atoms with E-state index in [1.54, 1.807) is 0 Å². The molecule has 20 heavy (non-hydrogen) atoms. The fraction of sp³-hybridized carbons (Fsp3) is 0.571. The van der Waals surface area contributed by atoms with Gasteiger partial charge in [0.25, 0.3) is 0 Å². The molecule has 0 aromatic heterocycles.